The van der Waals surface area contributed by atoms with Crippen LogP contribution in [-0.2, 0) is 10.4 Å². The zero-order valence-corrected chi connectivity index (χ0v) is 11.3. The highest BCUT2D eigenvalue weighted by molar-refractivity contribution is 5.89. The number of methoxy groups -OCH3 is 1. The third kappa shape index (κ3) is 2.36. The lowest BCUT2D eigenvalue weighted by Gasteiger charge is -2.26. The first kappa shape index (κ1) is 14.7. The number of phenolic OH excluding ortho intramolecular Hbond substituents is 2. The number of benzene rings is 2. The van der Waals surface area contributed by atoms with Gasteiger partial charge in [-0.1, -0.05) is 30.3 Å². The van der Waals surface area contributed by atoms with E-state index in [1.807, 2.05) is 0 Å². The lowest BCUT2D eigenvalue weighted by Crippen LogP contribution is -2.42. The highest BCUT2D eigenvalue weighted by Crippen LogP contribution is 2.41. The van der Waals surface area contributed by atoms with Crippen LogP contribution in [0.1, 0.15) is 11.1 Å². The molecule has 0 bridgehead atoms. The number of hydrogen-bond donors (Lipinski definition) is 4. The molecule has 6 heteroatoms. The van der Waals surface area contributed by atoms with Crippen molar-refractivity contribution in [3.05, 3.63) is 53.6 Å². The number of aliphatic hydroxyl groups is 1. The van der Waals surface area contributed by atoms with Gasteiger partial charge in [-0.25, -0.2) is 0 Å². The van der Waals surface area contributed by atoms with Gasteiger partial charge in [0.2, 0.25) is 0 Å². The maximum atomic E-state index is 11.8. The number of phenols is 2. The number of ether oxygens (including phenoxy) is 1. The van der Waals surface area contributed by atoms with E-state index < -0.39 is 17.3 Å². The first-order valence-electron chi connectivity index (χ1n) is 6.09. The van der Waals surface area contributed by atoms with Gasteiger partial charge in [0.1, 0.15) is 5.75 Å². The van der Waals surface area contributed by atoms with Crippen LogP contribution in [0.4, 0.5) is 0 Å². The fourth-order valence-corrected chi connectivity index (χ4v) is 2.12. The van der Waals surface area contributed by atoms with Crippen molar-refractivity contribution in [2.75, 3.05) is 7.11 Å². The van der Waals surface area contributed by atoms with Gasteiger partial charge < -0.3 is 25.8 Å². The maximum absolute atomic E-state index is 11.8. The minimum Gasteiger partial charge on any atom is -0.507 e. The van der Waals surface area contributed by atoms with E-state index in [-0.39, 0.29) is 22.6 Å². The van der Waals surface area contributed by atoms with Crippen molar-refractivity contribution in [2.45, 2.75) is 5.60 Å². The Hall–Kier alpha value is -2.73. The monoisotopic (exact) mass is 289 g/mol. The molecule has 0 fully saturated rings. The quantitative estimate of drug-likeness (QED) is 0.623. The molecule has 1 unspecified atom stereocenters. The number of rotatable bonds is 4. The van der Waals surface area contributed by atoms with E-state index in [2.05, 4.69) is 0 Å². The molecule has 110 valence electrons. The molecule has 0 saturated heterocycles. The van der Waals surface area contributed by atoms with Gasteiger partial charge in [-0.05, 0) is 11.6 Å². The average molecular weight is 289 g/mol. The zero-order chi connectivity index (χ0) is 15.6. The lowest BCUT2D eigenvalue weighted by molar-refractivity contribution is -0.133. The number of nitrogens with two attached hydrogens (primary N) is 1. The topological polar surface area (TPSA) is 113 Å². The Balaban J connectivity index is 2.70. The van der Waals surface area contributed by atoms with Crippen molar-refractivity contribution >= 4 is 5.91 Å². The molecule has 2 aromatic rings. The molecule has 21 heavy (non-hydrogen) atoms. The molecule has 1 amide bonds. The van der Waals surface area contributed by atoms with E-state index >= 15 is 0 Å². The summed E-state index contributed by atoms with van der Waals surface area (Å²) in [6.45, 7) is 0. The Morgan fingerprint density at radius 1 is 1.14 bits per heavy atom. The summed E-state index contributed by atoms with van der Waals surface area (Å²) in [6, 6.07) is 10.1. The van der Waals surface area contributed by atoms with Crippen molar-refractivity contribution in [1.29, 1.82) is 0 Å². The predicted molar refractivity (Wildman–Crippen MR) is 75.0 cm³/mol. The summed E-state index contributed by atoms with van der Waals surface area (Å²) < 4.78 is 4.85. The molecule has 0 radical (unpaired) electrons. The smallest absolute Gasteiger partial charge is 0.258 e. The molecule has 0 aliphatic carbocycles. The van der Waals surface area contributed by atoms with Crippen LogP contribution in [0, 0.1) is 0 Å². The molecule has 2 rings (SSSR count). The second-order valence-corrected chi connectivity index (χ2v) is 4.48. The molecule has 1 atom stereocenters. The average Bonchev–Trinajstić information content (AvgIpc) is 2.49. The van der Waals surface area contributed by atoms with Gasteiger partial charge in [0.05, 0.1) is 7.11 Å². The third-order valence-electron chi connectivity index (χ3n) is 3.24. The van der Waals surface area contributed by atoms with Crippen LogP contribution in [0.2, 0.25) is 0 Å². The summed E-state index contributed by atoms with van der Waals surface area (Å²) in [5.74, 6) is -1.82. The maximum Gasteiger partial charge on any atom is 0.258 e. The standard InChI is InChI=1S/C15H15NO5/c1-21-13-8-11(17)10(7-12(13)18)15(20,14(16)19)9-5-3-2-4-6-9/h2-8,17-18,20H,1H3,(H2,16,19). The molecule has 0 saturated carbocycles. The molecule has 0 aromatic heterocycles. The van der Waals surface area contributed by atoms with Crippen molar-refractivity contribution in [1.82, 2.24) is 0 Å². The van der Waals surface area contributed by atoms with Crippen LogP contribution in [0.25, 0.3) is 0 Å². The van der Waals surface area contributed by atoms with E-state index in [1.165, 1.54) is 19.2 Å². The fraction of sp³-hybridized carbons (Fsp3) is 0.133. The third-order valence-corrected chi connectivity index (χ3v) is 3.24. The second kappa shape index (κ2) is 5.34. The summed E-state index contributed by atoms with van der Waals surface area (Å²) in [7, 11) is 1.31. The van der Waals surface area contributed by atoms with E-state index in [1.54, 1.807) is 18.2 Å². The van der Waals surface area contributed by atoms with Gasteiger partial charge in [-0.3, -0.25) is 4.79 Å². The second-order valence-electron chi connectivity index (χ2n) is 4.48. The zero-order valence-electron chi connectivity index (χ0n) is 11.3. The molecule has 0 aliphatic rings. The van der Waals surface area contributed by atoms with E-state index in [4.69, 9.17) is 10.5 Å². The molecule has 0 aliphatic heterocycles. The lowest BCUT2D eigenvalue weighted by atomic mass is 9.85. The number of hydrogen-bond acceptors (Lipinski definition) is 5. The summed E-state index contributed by atoms with van der Waals surface area (Å²) in [5.41, 5.74) is 3.00. The van der Waals surface area contributed by atoms with E-state index in [0.717, 1.165) is 12.1 Å². The number of aromatic hydroxyl groups is 2. The van der Waals surface area contributed by atoms with Crippen LogP contribution >= 0.6 is 0 Å². The molecule has 0 heterocycles. The van der Waals surface area contributed by atoms with Gasteiger partial charge >= 0.3 is 0 Å². The molecule has 5 N–H and O–H groups in total. The highest BCUT2D eigenvalue weighted by Gasteiger charge is 2.41. The largest absolute Gasteiger partial charge is 0.507 e. The fourth-order valence-electron chi connectivity index (χ4n) is 2.12. The molecule has 6 nitrogen and oxygen atoms in total. The predicted octanol–water partition coefficient (Wildman–Crippen LogP) is 0.828. The minimum atomic E-state index is -2.27. The normalized spacial score (nSPS) is 13.4. The Kier molecular flexibility index (Phi) is 3.73. The van der Waals surface area contributed by atoms with Crippen molar-refractivity contribution < 1.29 is 24.9 Å². The van der Waals surface area contributed by atoms with Crippen molar-refractivity contribution in [2.24, 2.45) is 5.73 Å². The highest BCUT2D eigenvalue weighted by atomic mass is 16.5. The first-order chi connectivity index (χ1) is 9.91. The van der Waals surface area contributed by atoms with Gasteiger partial charge in [-0.15, -0.1) is 0 Å². The first-order valence-corrected chi connectivity index (χ1v) is 6.09. The Labute approximate surface area is 121 Å². The van der Waals surface area contributed by atoms with Gasteiger partial charge in [0.15, 0.2) is 17.1 Å². The van der Waals surface area contributed by atoms with Crippen molar-refractivity contribution in [3.63, 3.8) is 0 Å². The van der Waals surface area contributed by atoms with Crippen LogP contribution in [0.5, 0.6) is 17.2 Å². The van der Waals surface area contributed by atoms with E-state index in [9.17, 15) is 20.1 Å². The molecular formula is C15H15NO5. The molecular weight excluding hydrogens is 274 g/mol. The van der Waals surface area contributed by atoms with Gasteiger partial charge in [0, 0.05) is 11.6 Å². The summed E-state index contributed by atoms with van der Waals surface area (Å²) in [4.78, 5) is 11.8. The molecule has 2 aromatic carbocycles. The van der Waals surface area contributed by atoms with Crippen LogP contribution in [0.3, 0.4) is 0 Å². The Morgan fingerprint density at radius 2 is 1.76 bits per heavy atom. The number of carbonyl (C=O) groups excluding carboxylic acids is 1. The summed E-state index contributed by atoms with van der Waals surface area (Å²) in [5, 5.41) is 30.6. The van der Waals surface area contributed by atoms with Crippen molar-refractivity contribution in [3.8, 4) is 17.2 Å². The Morgan fingerprint density at radius 3 is 2.29 bits per heavy atom. The molecule has 0 spiro atoms. The number of carbonyl (C=O) groups is 1. The summed E-state index contributed by atoms with van der Waals surface area (Å²) in [6.07, 6.45) is 0. The number of primary amides is 1. The van der Waals surface area contributed by atoms with Crippen LogP contribution in [0.15, 0.2) is 42.5 Å². The van der Waals surface area contributed by atoms with E-state index in [0.29, 0.717) is 0 Å². The summed E-state index contributed by atoms with van der Waals surface area (Å²) >= 11 is 0. The SMILES string of the molecule is COc1cc(O)c(C(O)(C(N)=O)c2ccccc2)cc1O. The van der Waals surface area contributed by atoms with Gasteiger partial charge in [-0.2, -0.15) is 0 Å². The van der Waals surface area contributed by atoms with Gasteiger partial charge in [0.25, 0.3) is 5.91 Å². The Bertz CT molecular complexity index is 671. The number of amides is 1. The van der Waals surface area contributed by atoms with Crippen LogP contribution < -0.4 is 10.5 Å². The van der Waals surface area contributed by atoms with Crippen LogP contribution in [-0.4, -0.2) is 28.3 Å². The minimum absolute atomic E-state index is 0.0103.